The Kier molecular flexibility index (Phi) is 9.03. The van der Waals surface area contributed by atoms with Gasteiger partial charge in [0, 0.05) is 42.2 Å². The number of rotatable bonds is 14. The Balaban J connectivity index is 1.44. The highest BCUT2D eigenvalue weighted by atomic mass is 16.5. The first-order valence-electron chi connectivity index (χ1n) is 12.8. The van der Waals surface area contributed by atoms with Crippen LogP contribution in [0.25, 0.3) is 22.2 Å². The Morgan fingerprint density at radius 1 is 1.19 bits per heavy atom. The predicted molar refractivity (Wildman–Crippen MR) is 144 cm³/mol. The number of carbonyl (C=O) groups excluding carboxylic acids is 1. The van der Waals surface area contributed by atoms with Crippen LogP contribution in [-0.4, -0.2) is 64.9 Å². The topological polar surface area (TPSA) is 109 Å². The number of imidazole rings is 1. The number of Topliss-reactive ketones (excluding diaryl/α,β-unsaturated/α-hetero) is 1. The maximum atomic E-state index is 12.1. The van der Waals surface area contributed by atoms with Gasteiger partial charge in [0.15, 0.2) is 0 Å². The standard InChI is InChI=1S/C28H36N6O3/c1-19-10-11-20-16-21(26(36-4)17-23(20)32-19)24-18-31-27(33-24)22(29-12-14-34(2)3)8-6-5-7-9-25(35)28-30-13-15-37-28/h10-11,13,15-18,22,29H,5-9,12,14H2,1-4H3,(H,31,33)/t22-/m0/s1. The Morgan fingerprint density at radius 2 is 2.05 bits per heavy atom. The van der Waals surface area contributed by atoms with E-state index in [4.69, 9.17) is 14.1 Å². The smallest absolute Gasteiger partial charge is 0.263 e. The zero-order valence-electron chi connectivity index (χ0n) is 22.1. The zero-order chi connectivity index (χ0) is 26.2. The first-order valence-corrected chi connectivity index (χ1v) is 12.8. The fourth-order valence-corrected chi connectivity index (χ4v) is 4.36. The molecule has 9 nitrogen and oxygen atoms in total. The van der Waals surface area contributed by atoms with Crippen LogP contribution in [0.4, 0.5) is 0 Å². The lowest BCUT2D eigenvalue weighted by Gasteiger charge is -2.18. The minimum absolute atomic E-state index is 0.0453. The van der Waals surface area contributed by atoms with Crippen LogP contribution < -0.4 is 10.1 Å². The van der Waals surface area contributed by atoms with Crippen LogP contribution in [-0.2, 0) is 0 Å². The molecule has 4 aromatic rings. The van der Waals surface area contributed by atoms with E-state index in [-0.39, 0.29) is 17.7 Å². The highest BCUT2D eigenvalue weighted by Gasteiger charge is 2.18. The third kappa shape index (κ3) is 7.02. The number of H-pyrrole nitrogens is 1. The minimum atomic E-state index is -0.0453. The summed E-state index contributed by atoms with van der Waals surface area (Å²) < 4.78 is 10.8. The van der Waals surface area contributed by atoms with Crippen LogP contribution in [0.1, 0.15) is 60.3 Å². The number of likely N-dealkylation sites (N-methyl/N-ethyl adjacent to an activating group) is 1. The number of benzene rings is 1. The Labute approximate surface area is 217 Å². The predicted octanol–water partition coefficient (Wildman–Crippen LogP) is 4.96. The normalized spacial score (nSPS) is 12.4. The molecule has 0 bridgehead atoms. The highest BCUT2D eigenvalue weighted by Crippen LogP contribution is 2.33. The molecule has 0 amide bonds. The van der Waals surface area contributed by atoms with E-state index in [9.17, 15) is 4.79 Å². The number of nitrogens with zero attached hydrogens (tertiary/aromatic N) is 4. The average molecular weight is 505 g/mol. The SMILES string of the molecule is COc1cc2nc(C)ccc2cc1-c1cnc([C@H](CCCCCC(=O)c2ncco2)NCCN(C)C)[nH]1. The largest absolute Gasteiger partial charge is 0.496 e. The number of methoxy groups -OCH3 is 1. The summed E-state index contributed by atoms with van der Waals surface area (Å²) in [4.78, 5) is 31.1. The van der Waals surface area contributed by atoms with Gasteiger partial charge in [-0.2, -0.15) is 0 Å². The van der Waals surface area contributed by atoms with Crippen molar-refractivity contribution in [1.29, 1.82) is 0 Å². The summed E-state index contributed by atoms with van der Waals surface area (Å²) in [6.07, 6.45) is 8.87. The first-order chi connectivity index (χ1) is 17.9. The van der Waals surface area contributed by atoms with E-state index in [1.54, 1.807) is 7.11 Å². The van der Waals surface area contributed by atoms with Crippen LogP contribution in [0.2, 0.25) is 0 Å². The number of pyridine rings is 1. The number of nitrogens with one attached hydrogen (secondary N) is 2. The fourth-order valence-electron chi connectivity index (χ4n) is 4.36. The van der Waals surface area contributed by atoms with Gasteiger partial charge in [-0.3, -0.25) is 9.78 Å². The first kappa shape index (κ1) is 26.5. The third-order valence-corrected chi connectivity index (χ3v) is 6.38. The van der Waals surface area contributed by atoms with E-state index in [0.29, 0.717) is 6.42 Å². The number of hydrogen-bond acceptors (Lipinski definition) is 8. The molecule has 196 valence electrons. The van der Waals surface area contributed by atoms with Crippen molar-refractivity contribution in [3.05, 3.63) is 60.3 Å². The lowest BCUT2D eigenvalue weighted by molar-refractivity contribution is 0.0945. The van der Waals surface area contributed by atoms with Crippen molar-refractivity contribution in [2.75, 3.05) is 34.3 Å². The maximum absolute atomic E-state index is 12.1. The van der Waals surface area contributed by atoms with Crippen LogP contribution in [0.15, 0.2) is 47.3 Å². The lowest BCUT2D eigenvalue weighted by Crippen LogP contribution is -2.30. The summed E-state index contributed by atoms with van der Waals surface area (Å²) >= 11 is 0. The molecule has 0 aliphatic heterocycles. The Bertz CT molecular complexity index is 1300. The molecule has 0 spiro atoms. The van der Waals surface area contributed by atoms with E-state index in [0.717, 1.165) is 78.2 Å². The molecule has 0 saturated heterocycles. The summed E-state index contributed by atoms with van der Waals surface area (Å²) in [6, 6.07) is 8.24. The molecule has 0 fully saturated rings. The molecule has 0 unspecified atom stereocenters. The molecule has 0 saturated carbocycles. The monoisotopic (exact) mass is 504 g/mol. The molecule has 9 heteroatoms. The number of aromatic nitrogens is 4. The molecule has 37 heavy (non-hydrogen) atoms. The molecular formula is C28H36N6O3. The number of aromatic amines is 1. The highest BCUT2D eigenvalue weighted by molar-refractivity contribution is 5.91. The van der Waals surface area contributed by atoms with Crippen molar-refractivity contribution < 1.29 is 13.9 Å². The number of aryl methyl sites for hydroxylation is 1. The lowest BCUT2D eigenvalue weighted by atomic mass is 10.0. The molecular weight excluding hydrogens is 468 g/mol. The van der Waals surface area contributed by atoms with Gasteiger partial charge in [0.25, 0.3) is 5.89 Å². The molecule has 1 atom stereocenters. The van der Waals surface area contributed by atoms with Crippen molar-refractivity contribution in [3.8, 4) is 17.0 Å². The average Bonchev–Trinajstić information content (AvgIpc) is 3.59. The minimum Gasteiger partial charge on any atom is -0.496 e. The molecule has 3 aromatic heterocycles. The quantitative estimate of drug-likeness (QED) is 0.183. The fraction of sp³-hybridized carbons (Fsp3) is 0.429. The van der Waals surface area contributed by atoms with E-state index in [1.807, 2.05) is 25.3 Å². The van der Waals surface area contributed by atoms with Gasteiger partial charge in [0.1, 0.15) is 17.8 Å². The molecule has 1 aromatic carbocycles. The molecule has 3 heterocycles. The van der Waals surface area contributed by atoms with Crippen LogP contribution in [0, 0.1) is 6.92 Å². The molecule has 4 rings (SSSR count). The summed E-state index contributed by atoms with van der Waals surface area (Å²) in [5.74, 6) is 1.81. The molecule has 0 radical (unpaired) electrons. The van der Waals surface area contributed by atoms with Gasteiger partial charge >= 0.3 is 0 Å². The summed E-state index contributed by atoms with van der Waals surface area (Å²) in [6.45, 7) is 3.76. The summed E-state index contributed by atoms with van der Waals surface area (Å²) in [5, 5.41) is 4.70. The molecule has 0 aliphatic rings. The van der Waals surface area contributed by atoms with Crippen LogP contribution in [0.5, 0.6) is 5.75 Å². The van der Waals surface area contributed by atoms with Gasteiger partial charge in [0.2, 0.25) is 5.78 Å². The van der Waals surface area contributed by atoms with Crippen molar-refractivity contribution in [2.24, 2.45) is 0 Å². The van der Waals surface area contributed by atoms with Crippen molar-refractivity contribution in [2.45, 2.75) is 45.1 Å². The zero-order valence-corrected chi connectivity index (χ0v) is 22.1. The van der Waals surface area contributed by atoms with Gasteiger partial charge in [-0.15, -0.1) is 0 Å². The maximum Gasteiger partial charge on any atom is 0.263 e. The van der Waals surface area contributed by atoms with E-state index >= 15 is 0 Å². The second-order valence-corrected chi connectivity index (χ2v) is 9.55. The van der Waals surface area contributed by atoms with Gasteiger partial charge in [-0.05, 0) is 46.0 Å². The Hall–Kier alpha value is -3.56. The second kappa shape index (κ2) is 12.6. The summed E-state index contributed by atoms with van der Waals surface area (Å²) in [5.41, 5.74) is 3.74. The summed E-state index contributed by atoms with van der Waals surface area (Å²) in [7, 11) is 5.81. The molecule has 2 N–H and O–H groups in total. The number of oxazole rings is 1. The number of hydrogen-bond donors (Lipinski definition) is 2. The Morgan fingerprint density at radius 3 is 2.81 bits per heavy atom. The van der Waals surface area contributed by atoms with E-state index in [1.165, 1.54) is 12.5 Å². The number of unbranched alkanes of at least 4 members (excludes halogenated alkanes) is 2. The van der Waals surface area contributed by atoms with Crippen molar-refractivity contribution >= 4 is 16.7 Å². The van der Waals surface area contributed by atoms with Crippen molar-refractivity contribution in [1.82, 2.24) is 30.2 Å². The van der Waals surface area contributed by atoms with Crippen molar-refractivity contribution in [3.63, 3.8) is 0 Å². The molecule has 0 aliphatic carbocycles. The number of carbonyl (C=O) groups is 1. The van der Waals surface area contributed by atoms with Crippen LogP contribution in [0.3, 0.4) is 0 Å². The number of ether oxygens (including phenoxy) is 1. The second-order valence-electron chi connectivity index (χ2n) is 9.55. The number of ketones is 1. The van der Waals surface area contributed by atoms with E-state index in [2.05, 4.69) is 51.4 Å². The number of fused-ring (bicyclic) bond motifs is 1. The van der Waals surface area contributed by atoms with Gasteiger partial charge in [-0.1, -0.05) is 18.9 Å². The van der Waals surface area contributed by atoms with Gasteiger partial charge < -0.3 is 24.4 Å². The van der Waals surface area contributed by atoms with Gasteiger partial charge in [-0.25, -0.2) is 9.97 Å². The van der Waals surface area contributed by atoms with Gasteiger partial charge in [0.05, 0.1) is 36.8 Å². The third-order valence-electron chi connectivity index (χ3n) is 6.38. The van der Waals surface area contributed by atoms with Crippen LogP contribution >= 0.6 is 0 Å². The van der Waals surface area contributed by atoms with E-state index < -0.39 is 0 Å².